The van der Waals surface area contributed by atoms with E-state index in [4.69, 9.17) is 0 Å². The Bertz CT molecular complexity index is 1640. The molecule has 0 aromatic carbocycles. The minimum Gasteiger partial charge on any atom is -0.413 e. The molecule has 221 valence electrons. The quantitative estimate of drug-likeness (QED) is 0.232. The number of halogens is 6. The first-order valence-corrected chi connectivity index (χ1v) is 11.8. The number of nitrogens with zero attached hydrogens (tertiary/aromatic N) is 9. The molecule has 0 aliphatic rings. The Balaban J connectivity index is 0.000000192. The number of hydrogen-bond acceptors (Lipinski definition) is 8. The van der Waals surface area contributed by atoms with E-state index in [1.807, 2.05) is 5.10 Å². The molecule has 0 unspecified atom stereocenters. The molecule has 6 rings (SSSR count). The average Bonchev–Trinajstić information content (AvgIpc) is 3.70. The van der Waals surface area contributed by atoms with Gasteiger partial charge in [0.25, 0.3) is 0 Å². The zero-order valence-electron chi connectivity index (χ0n) is 21.2. The van der Waals surface area contributed by atoms with Crippen LogP contribution < -0.4 is 5.10 Å². The normalized spacial score (nSPS) is 11.3. The summed E-state index contributed by atoms with van der Waals surface area (Å²) < 4.78 is 74.9. The standard InChI is InChI=1S/C13H8F3N5.C13H7F3N5.Tb/c2*14-13(15,16)12-19-11(20-21-12)10-6-3-5-9(18-10)8-4-1-2-7-17-8;/h1-7H,(H,19,20,21);1-7H;/q;-1;. The van der Waals surface area contributed by atoms with Gasteiger partial charge in [0.15, 0.2) is 5.82 Å². The van der Waals surface area contributed by atoms with Crippen LogP contribution in [0.15, 0.2) is 85.2 Å². The molecule has 0 saturated heterocycles. The molecule has 0 amide bonds. The van der Waals surface area contributed by atoms with E-state index in [9.17, 15) is 26.3 Å². The van der Waals surface area contributed by atoms with Crippen molar-refractivity contribution in [2.24, 2.45) is 0 Å². The Hall–Kier alpha value is -4.25. The second-order valence-electron chi connectivity index (χ2n) is 8.21. The Labute approximate surface area is 268 Å². The van der Waals surface area contributed by atoms with Crippen LogP contribution in [0.5, 0.6) is 0 Å². The number of pyridine rings is 4. The summed E-state index contributed by atoms with van der Waals surface area (Å²) >= 11 is 0. The van der Waals surface area contributed by atoms with Crippen molar-refractivity contribution in [2.45, 2.75) is 12.4 Å². The van der Waals surface area contributed by atoms with E-state index in [-0.39, 0.29) is 61.6 Å². The summed E-state index contributed by atoms with van der Waals surface area (Å²) in [6.45, 7) is 0. The van der Waals surface area contributed by atoms with Crippen molar-refractivity contribution in [3.63, 3.8) is 0 Å². The molecule has 1 radical (unpaired) electrons. The predicted molar refractivity (Wildman–Crippen MR) is 135 cm³/mol. The van der Waals surface area contributed by atoms with Gasteiger partial charge in [-0.1, -0.05) is 24.3 Å². The molecule has 17 heteroatoms. The largest absolute Gasteiger partial charge is 0.451 e. The zero-order chi connectivity index (χ0) is 29.7. The molecule has 0 aliphatic heterocycles. The zero-order valence-corrected chi connectivity index (χ0v) is 23.3. The van der Waals surface area contributed by atoms with Gasteiger partial charge in [0, 0.05) is 51.0 Å². The molecule has 0 bridgehead atoms. The molecule has 43 heavy (non-hydrogen) atoms. The van der Waals surface area contributed by atoms with Crippen LogP contribution >= 0.6 is 0 Å². The fourth-order valence-electron chi connectivity index (χ4n) is 3.40. The van der Waals surface area contributed by atoms with Gasteiger partial charge in [0.05, 0.1) is 28.5 Å². The van der Waals surface area contributed by atoms with Crippen LogP contribution in [0.2, 0.25) is 0 Å². The van der Waals surface area contributed by atoms with Crippen molar-refractivity contribution in [1.29, 1.82) is 0 Å². The van der Waals surface area contributed by atoms with E-state index in [1.165, 1.54) is 12.1 Å². The number of hydrogen-bond donors (Lipinski definition) is 1. The van der Waals surface area contributed by atoms with E-state index in [0.29, 0.717) is 22.8 Å². The second kappa shape index (κ2) is 13.4. The first kappa shape index (κ1) is 31.7. The summed E-state index contributed by atoms with van der Waals surface area (Å²) in [4.78, 5) is 23.5. The molecule has 0 saturated carbocycles. The summed E-state index contributed by atoms with van der Waals surface area (Å²) in [6, 6.07) is 20.4. The maximum Gasteiger partial charge on any atom is 0.451 e. The molecular weight excluding hydrogens is 725 g/mol. The van der Waals surface area contributed by atoms with Crippen molar-refractivity contribution in [1.82, 2.24) is 50.3 Å². The summed E-state index contributed by atoms with van der Waals surface area (Å²) in [5.41, 5.74) is 2.73. The van der Waals surface area contributed by atoms with Crippen LogP contribution in [0.25, 0.3) is 45.8 Å². The second-order valence-corrected chi connectivity index (χ2v) is 8.21. The van der Waals surface area contributed by atoms with E-state index in [1.54, 1.807) is 73.1 Å². The Morgan fingerprint density at radius 1 is 0.558 bits per heavy atom. The monoisotopic (exact) mass is 740 g/mol. The maximum absolute atomic E-state index is 12.5. The molecule has 1 N–H and O–H groups in total. The van der Waals surface area contributed by atoms with Gasteiger partial charge in [-0.25, -0.2) is 15.0 Å². The summed E-state index contributed by atoms with van der Waals surface area (Å²) in [6.07, 6.45) is -5.97. The fourth-order valence-corrected chi connectivity index (χ4v) is 3.40. The summed E-state index contributed by atoms with van der Waals surface area (Å²) in [7, 11) is 0. The first-order chi connectivity index (χ1) is 20.1. The molecule has 0 atom stereocenters. The van der Waals surface area contributed by atoms with E-state index < -0.39 is 24.0 Å². The van der Waals surface area contributed by atoms with Crippen LogP contribution in [-0.4, -0.2) is 45.2 Å². The van der Waals surface area contributed by atoms with Crippen molar-refractivity contribution in [2.75, 3.05) is 0 Å². The third-order valence-electron chi connectivity index (χ3n) is 5.27. The Kier molecular flexibility index (Phi) is 9.85. The van der Waals surface area contributed by atoms with Gasteiger partial charge in [-0.2, -0.15) is 31.4 Å². The van der Waals surface area contributed by atoms with Crippen molar-refractivity contribution in [3.05, 3.63) is 96.8 Å². The predicted octanol–water partition coefficient (Wildman–Crippen LogP) is 5.52. The third-order valence-corrected chi connectivity index (χ3v) is 5.27. The molecule has 0 spiro atoms. The van der Waals surface area contributed by atoms with Crippen molar-refractivity contribution in [3.8, 4) is 45.8 Å². The molecule has 0 aliphatic carbocycles. The topological polar surface area (TPSA) is 133 Å². The molecule has 10 nitrogen and oxygen atoms in total. The van der Waals surface area contributed by atoms with Crippen LogP contribution in [0, 0.1) is 38.6 Å². The molecular formula is C26H15F6N10Tb-. The third kappa shape index (κ3) is 7.98. The SMILES string of the molecule is FC(F)(F)c1n[n-]c(-c2cccc(-c3ccccn3)n2)n1.FC(F)(F)c1nc(-c2cccc(-c3ccccn3)n2)n[nH]1.[Tb]. The number of H-pyrrole nitrogens is 1. The molecule has 0 fully saturated rings. The minimum absolute atomic E-state index is 0. The van der Waals surface area contributed by atoms with Gasteiger partial charge >= 0.3 is 12.4 Å². The first-order valence-electron chi connectivity index (χ1n) is 11.8. The van der Waals surface area contributed by atoms with Gasteiger partial charge < -0.3 is 10.1 Å². The van der Waals surface area contributed by atoms with Gasteiger partial charge in [0.2, 0.25) is 5.82 Å². The Morgan fingerprint density at radius 3 is 1.58 bits per heavy atom. The summed E-state index contributed by atoms with van der Waals surface area (Å²) in [5, 5.41) is 11.9. The molecule has 6 aromatic heterocycles. The number of rotatable bonds is 4. The smallest absolute Gasteiger partial charge is 0.413 e. The van der Waals surface area contributed by atoms with E-state index >= 15 is 0 Å². The number of alkyl halides is 6. The van der Waals surface area contributed by atoms with Crippen molar-refractivity contribution >= 4 is 0 Å². The maximum atomic E-state index is 12.5. The van der Waals surface area contributed by atoms with E-state index in [2.05, 4.69) is 45.2 Å². The molecule has 6 aromatic rings. The minimum atomic E-state index is -4.62. The van der Waals surface area contributed by atoms with Gasteiger partial charge in [-0.3, -0.25) is 20.2 Å². The Morgan fingerprint density at radius 2 is 1.09 bits per heavy atom. The van der Waals surface area contributed by atoms with E-state index in [0.717, 1.165) is 0 Å². The van der Waals surface area contributed by atoms with Gasteiger partial charge in [-0.05, 0) is 54.4 Å². The van der Waals surface area contributed by atoms with Crippen LogP contribution in [0.4, 0.5) is 26.3 Å². The molecule has 6 heterocycles. The van der Waals surface area contributed by atoms with Gasteiger partial charge in [-0.15, -0.1) is 0 Å². The average molecular weight is 740 g/mol. The fraction of sp³-hybridized carbons (Fsp3) is 0.0769. The van der Waals surface area contributed by atoms with Crippen LogP contribution in [-0.2, 0) is 12.4 Å². The van der Waals surface area contributed by atoms with Crippen molar-refractivity contribution < 1.29 is 65.0 Å². The summed E-state index contributed by atoms with van der Waals surface area (Å²) in [5.74, 6) is -2.70. The number of nitrogens with one attached hydrogen (secondary N) is 1. The van der Waals surface area contributed by atoms with Gasteiger partial charge in [0.1, 0.15) is 11.5 Å². The number of aromatic amines is 1. The number of aromatic nitrogens is 10. The van der Waals surface area contributed by atoms with Crippen LogP contribution in [0.3, 0.4) is 0 Å². The van der Waals surface area contributed by atoms with Crippen LogP contribution in [0.1, 0.15) is 11.6 Å².